The number of nitrogens with one attached hydrogen (secondary N) is 1. The fraction of sp³-hybridized carbons (Fsp3) is 0.632. The van der Waals surface area contributed by atoms with Gasteiger partial charge in [0.25, 0.3) is 5.91 Å². The third-order valence-corrected chi connectivity index (χ3v) is 3.87. The Morgan fingerprint density at radius 1 is 1.19 bits per heavy atom. The number of ether oxygens (including phenoxy) is 1. The van der Waals surface area contributed by atoms with Crippen LogP contribution in [0.25, 0.3) is 0 Å². The number of benzene rings is 1. The van der Waals surface area contributed by atoms with Gasteiger partial charge in [-0.2, -0.15) is 13.2 Å². The molecular formula is C19H29F3N2O2. The maximum absolute atomic E-state index is 12.2. The van der Waals surface area contributed by atoms with Gasteiger partial charge in [0.1, 0.15) is 5.75 Å². The minimum atomic E-state index is -4.21. The van der Waals surface area contributed by atoms with Crippen LogP contribution < -0.4 is 10.1 Å². The van der Waals surface area contributed by atoms with Crippen LogP contribution in [0.4, 0.5) is 13.2 Å². The molecule has 0 saturated carbocycles. The first-order valence-electron chi connectivity index (χ1n) is 8.69. The van der Waals surface area contributed by atoms with Gasteiger partial charge in [-0.3, -0.25) is 9.69 Å². The summed E-state index contributed by atoms with van der Waals surface area (Å²) in [5.41, 5.74) is 1.21. The van der Waals surface area contributed by atoms with E-state index in [1.807, 2.05) is 24.3 Å². The average molecular weight is 374 g/mol. The Labute approximate surface area is 153 Å². The van der Waals surface area contributed by atoms with Crippen molar-refractivity contribution >= 4 is 5.91 Å². The molecule has 7 heteroatoms. The molecule has 148 valence electrons. The Kier molecular flexibility index (Phi) is 7.93. The summed E-state index contributed by atoms with van der Waals surface area (Å²) in [7, 11) is 1.41. The van der Waals surface area contributed by atoms with Gasteiger partial charge in [0, 0.05) is 6.54 Å². The molecule has 0 saturated heterocycles. The lowest BCUT2D eigenvalue weighted by Crippen LogP contribution is -2.38. The van der Waals surface area contributed by atoms with Crippen LogP contribution in [0.5, 0.6) is 5.75 Å². The fourth-order valence-corrected chi connectivity index (χ4v) is 2.38. The highest BCUT2D eigenvalue weighted by Crippen LogP contribution is 2.24. The average Bonchev–Trinajstić information content (AvgIpc) is 2.49. The van der Waals surface area contributed by atoms with E-state index in [1.165, 1.54) is 17.5 Å². The lowest BCUT2D eigenvalue weighted by Gasteiger charge is -2.20. The first kappa shape index (κ1) is 22.3. The van der Waals surface area contributed by atoms with Gasteiger partial charge in [-0.1, -0.05) is 32.9 Å². The first-order valence-corrected chi connectivity index (χ1v) is 8.69. The Bertz CT molecular complexity index is 566. The van der Waals surface area contributed by atoms with Crippen molar-refractivity contribution in [3.63, 3.8) is 0 Å². The zero-order valence-electron chi connectivity index (χ0n) is 16.1. The van der Waals surface area contributed by atoms with Gasteiger partial charge in [0.2, 0.25) is 0 Å². The molecule has 1 N–H and O–H groups in total. The Balaban J connectivity index is 2.35. The molecule has 1 atom stereocenters. The van der Waals surface area contributed by atoms with Crippen molar-refractivity contribution in [1.29, 1.82) is 0 Å². The number of hydrogen-bond acceptors (Lipinski definition) is 3. The molecule has 0 heterocycles. The van der Waals surface area contributed by atoms with Crippen LogP contribution in [0.2, 0.25) is 0 Å². The van der Waals surface area contributed by atoms with Crippen LogP contribution in [0.1, 0.15) is 39.7 Å². The molecule has 0 bridgehead atoms. The predicted molar refractivity (Wildman–Crippen MR) is 96.4 cm³/mol. The van der Waals surface area contributed by atoms with E-state index in [0.717, 1.165) is 0 Å². The number of carbonyl (C=O) groups excluding carboxylic acids is 1. The highest BCUT2D eigenvalue weighted by molar-refractivity contribution is 5.80. The van der Waals surface area contributed by atoms with Crippen molar-refractivity contribution in [2.45, 2.75) is 51.8 Å². The molecule has 1 amide bonds. The molecule has 1 aromatic rings. The number of amides is 1. The molecule has 0 spiro atoms. The van der Waals surface area contributed by atoms with E-state index in [0.29, 0.717) is 18.7 Å². The van der Waals surface area contributed by atoms with Gasteiger partial charge in [0.15, 0.2) is 6.10 Å². The zero-order valence-corrected chi connectivity index (χ0v) is 16.1. The maximum atomic E-state index is 12.2. The highest BCUT2D eigenvalue weighted by Gasteiger charge is 2.28. The molecule has 0 unspecified atom stereocenters. The van der Waals surface area contributed by atoms with E-state index in [9.17, 15) is 18.0 Å². The van der Waals surface area contributed by atoms with E-state index >= 15 is 0 Å². The molecule has 1 aromatic carbocycles. The van der Waals surface area contributed by atoms with E-state index in [-0.39, 0.29) is 17.9 Å². The van der Waals surface area contributed by atoms with Gasteiger partial charge >= 0.3 is 6.18 Å². The summed E-state index contributed by atoms with van der Waals surface area (Å²) in [6, 6.07) is 7.60. The summed E-state index contributed by atoms with van der Waals surface area (Å²) in [5, 5.41) is 2.68. The topological polar surface area (TPSA) is 41.6 Å². The van der Waals surface area contributed by atoms with E-state index < -0.39 is 18.8 Å². The second-order valence-electron chi connectivity index (χ2n) is 7.53. The summed E-state index contributed by atoms with van der Waals surface area (Å²) in [4.78, 5) is 13.2. The molecule has 0 aliphatic rings. The Morgan fingerprint density at radius 3 is 2.27 bits per heavy atom. The number of rotatable bonds is 8. The van der Waals surface area contributed by atoms with Crippen molar-refractivity contribution in [2.75, 3.05) is 26.7 Å². The summed E-state index contributed by atoms with van der Waals surface area (Å²) >= 11 is 0. The third kappa shape index (κ3) is 8.56. The molecular weight excluding hydrogens is 345 g/mol. The minimum absolute atomic E-state index is 0.0425. The quantitative estimate of drug-likeness (QED) is 0.705. The van der Waals surface area contributed by atoms with E-state index in [4.69, 9.17) is 4.74 Å². The number of nitrogens with zero attached hydrogens (tertiary/aromatic N) is 1. The van der Waals surface area contributed by atoms with Crippen LogP contribution in [-0.4, -0.2) is 49.8 Å². The van der Waals surface area contributed by atoms with Crippen molar-refractivity contribution in [1.82, 2.24) is 10.2 Å². The predicted octanol–water partition coefficient (Wildman–Crippen LogP) is 3.75. The number of halogens is 3. The second kappa shape index (κ2) is 9.26. The lowest BCUT2D eigenvalue weighted by atomic mass is 9.87. The van der Waals surface area contributed by atoms with Gasteiger partial charge in [0.05, 0.1) is 6.54 Å². The molecule has 0 fully saturated rings. The molecule has 1 rings (SSSR count). The largest absolute Gasteiger partial charge is 0.481 e. The Morgan fingerprint density at radius 2 is 1.77 bits per heavy atom. The van der Waals surface area contributed by atoms with Crippen molar-refractivity contribution in [3.8, 4) is 5.75 Å². The van der Waals surface area contributed by atoms with Crippen molar-refractivity contribution < 1.29 is 22.7 Å². The molecule has 4 nitrogen and oxygen atoms in total. The molecule has 0 aromatic heterocycles. The van der Waals surface area contributed by atoms with Crippen LogP contribution in [-0.2, 0) is 10.2 Å². The van der Waals surface area contributed by atoms with Gasteiger partial charge in [-0.05, 0) is 50.0 Å². The second-order valence-corrected chi connectivity index (χ2v) is 7.53. The summed E-state index contributed by atoms with van der Waals surface area (Å²) in [5.74, 6) is 0.314. The minimum Gasteiger partial charge on any atom is -0.481 e. The van der Waals surface area contributed by atoms with Gasteiger partial charge in [-0.15, -0.1) is 0 Å². The van der Waals surface area contributed by atoms with Crippen LogP contribution in [0, 0.1) is 0 Å². The smallest absolute Gasteiger partial charge is 0.401 e. The number of carbonyl (C=O) groups is 1. The third-order valence-electron chi connectivity index (χ3n) is 3.87. The molecule has 0 aliphatic heterocycles. The van der Waals surface area contributed by atoms with Crippen molar-refractivity contribution in [3.05, 3.63) is 29.8 Å². The van der Waals surface area contributed by atoms with Crippen molar-refractivity contribution in [2.24, 2.45) is 0 Å². The van der Waals surface area contributed by atoms with E-state index in [1.54, 1.807) is 6.92 Å². The van der Waals surface area contributed by atoms with Gasteiger partial charge in [-0.25, -0.2) is 0 Å². The molecule has 0 aliphatic carbocycles. The van der Waals surface area contributed by atoms with E-state index in [2.05, 4.69) is 26.1 Å². The number of hydrogen-bond donors (Lipinski definition) is 1. The molecule has 0 radical (unpaired) electrons. The first-order chi connectivity index (χ1) is 11.9. The summed E-state index contributed by atoms with van der Waals surface area (Å²) < 4.78 is 42.3. The number of alkyl halides is 3. The summed E-state index contributed by atoms with van der Waals surface area (Å²) in [6.07, 6.45) is -4.45. The fourth-order valence-electron chi connectivity index (χ4n) is 2.38. The van der Waals surface area contributed by atoms with Crippen LogP contribution in [0.15, 0.2) is 24.3 Å². The van der Waals surface area contributed by atoms with Crippen LogP contribution >= 0.6 is 0 Å². The molecule has 26 heavy (non-hydrogen) atoms. The maximum Gasteiger partial charge on any atom is 0.401 e. The lowest BCUT2D eigenvalue weighted by molar-refractivity contribution is -0.143. The monoisotopic (exact) mass is 374 g/mol. The Hall–Kier alpha value is -1.76. The zero-order chi connectivity index (χ0) is 20.0. The van der Waals surface area contributed by atoms with Crippen LogP contribution in [0.3, 0.4) is 0 Å². The SMILES string of the molecule is C[C@@H](Oc1ccc(C(C)(C)C)cc1)C(=O)NCCCN(C)CC(F)(F)F. The standard InChI is InChI=1S/C19H29F3N2O2/c1-14(26-16-9-7-15(8-10-16)18(2,3)4)17(25)23-11-6-12-24(5)13-19(20,21)22/h7-10,14H,6,11-13H2,1-5H3,(H,23,25)/t14-/m1/s1. The normalized spacial score (nSPS) is 13.6. The van der Waals surface area contributed by atoms with Gasteiger partial charge < -0.3 is 10.1 Å². The highest BCUT2D eigenvalue weighted by atomic mass is 19.4. The summed E-state index contributed by atoms with van der Waals surface area (Å²) in [6.45, 7) is 7.59.